The predicted octanol–water partition coefficient (Wildman–Crippen LogP) is 6.10. The van der Waals surface area contributed by atoms with Crippen molar-refractivity contribution in [3.05, 3.63) is 48.6 Å². The van der Waals surface area contributed by atoms with Gasteiger partial charge in [0.2, 0.25) is 5.91 Å². The van der Waals surface area contributed by atoms with Crippen molar-refractivity contribution in [3.8, 4) is 0 Å². The Kier molecular flexibility index (Phi) is 33.6. The number of allylic oxidation sites excluding steroid dienone is 7. The smallest absolute Gasteiger partial charge is 0.220 e. The average molecular weight is 912 g/mol. The summed E-state index contributed by atoms with van der Waals surface area (Å²) >= 11 is 0. The highest BCUT2D eigenvalue weighted by Crippen LogP contribution is 2.30. The van der Waals surface area contributed by atoms with Crippen molar-refractivity contribution >= 4 is 5.91 Å². The van der Waals surface area contributed by atoms with E-state index in [1.54, 1.807) is 6.08 Å². The third kappa shape index (κ3) is 24.1. The Morgan fingerprint density at radius 3 is 1.66 bits per heavy atom. The number of aliphatic hydroxyl groups excluding tert-OH is 8. The van der Waals surface area contributed by atoms with Crippen LogP contribution in [0.15, 0.2) is 48.6 Å². The average Bonchev–Trinajstić information content (AvgIpc) is 3.29. The van der Waals surface area contributed by atoms with Crippen LogP contribution in [0.3, 0.4) is 0 Å². The maximum Gasteiger partial charge on any atom is 0.220 e. The second-order valence-electron chi connectivity index (χ2n) is 17.6. The predicted molar refractivity (Wildman–Crippen MR) is 249 cm³/mol. The lowest BCUT2D eigenvalue weighted by atomic mass is 9.97. The van der Waals surface area contributed by atoms with E-state index in [0.29, 0.717) is 6.42 Å². The Morgan fingerprint density at radius 1 is 0.578 bits per heavy atom. The van der Waals surface area contributed by atoms with Gasteiger partial charge in [-0.05, 0) is 51.4 Å². The van der Waals surface area contributed by atoms with Gasteiger partial charge >= 0.3 is 0 Å². The van der Waals surface area contributed by atoms with Crippen molar-refractivity contribution in [1.82, 2.24) is 5.32 Å². The fraction of sp³-hybridized carbons (Fsp3) is 0.820. The van der Waals surface area contributed by atoms with Gasteiger partial charge in [-0.3, -0.25) is 4.79 Å². The molecule has 64 heavy (non-hydrogen) atoms. The minimum atomic E-state index is -1.79. The van der Waals surface area contributed by atoms with Crippen LogP contribution in [0, 0.1) is 0 Å². The molecule has 2 fully saturated rings. The number of hydrogen-bond acceptors (Lipinski definition) is 13. The number of unbranched alkanes of at least 4 members (excludes halogenated alkanes) is 18. The van der Waals surface area contributed by atoms with Crippen LogP contribution in [-0.2, 0) is 23.7 Å². The zero-order valence-electron chi connectivity index (χ0n) is 39.3. The SMILES string of the molecule is CC/C=C\C/C=C\C/C=C\CCCCCCCCCC(=O)NC(COC1OC(CO)C(OC2OC(CO)C(O)C(O)C2O)C(O)C1O)C(O)/C=C/CCCCCCCCCCCCC. The van der Waals surface area contributed by atoms with Crippen LogP contribution in [0.25, 0.3) is 0 Å². The number of aliphatic hydroxyl groups is 8. The first kappa shape index (κ1) is 58.1. The molecule has 0 aromatic rings. The molecular formula is C50H89NO13. The lowest BCUT2D eigenvalue weighted by Gasteiger charge is -2.46. The molecule has 14 nitrogen and oxygen atoms in total. The first-order chi connectivity index (χ1) is 31.1. The highest BCUT2D eigenvalue weighted by atomic mass is 16.7. The van der Waals surface area contributed by atoms with Crippen molar-refractivity contribution < 1.29 is 64.6 Å². The first-order valence-electron chi connectivity index (χ1n) is 24.9. The standard InChI is InChI=1S/C50H89NO13/c1-3-5-7-9-11-13-15-17-18-19-20-22-24-26-28-30-32-34-42(55)51-38(39(54)33-31-29-27-25-23-21-16-14-12-10-8-6-4-2)37-61-49-47(60)45(58)48(41(36-53)63-49)64-50-46(59)44(57)43(56)40(35-52)62-50/h5,7,11,13,17-18,31,33,38-41,43-50,52-54,56-60H,3-4,6,8-10,12,14-16,19-30,32,34-37H2,1-2H3,(H,51,55)/b7-5-,13-11-,18-17-,33-31+. The minimum absolute atomic E-state index is 0.253. The van der Waals surface area contributed by atoms with Crippen LogP contribution in [0.4, 0.5) is 0 Å². The summed E-state index contributed by atoms with van der Waals surface area (Å²) in [7, 11) is 0. The summed E-state index contributed by atoms with van der Waals surface area (Å²) in [4.78, 5) is 13.2. The van der Waals surface area contributed by atoms with Gasteiger partial charge in [0.05, 0.1) is 32.0 Å². The maximum atomic E-state index is 13.2. The van der Waals surface area contributed by atoms with E-state index in [0.717, 1.165) is 70.6 Å². The number of hydrogen-bond donors (Lipinski definition) is 9. The van der Waals surface area contributed by atoms with Gasteiger partial charge in [-0.25, -0.2) is 0 Å². The molecule has 12 atom stereocenters. The summed E-state index contributed by atoms with van der Waals surface area (Å²) in [6.45, 7) is 2.64. The second kappa shape index (κ2) is 37.0. The molecule has 0 radical (unpaired) electrons. The van der Waals surface area contributed by atoms with Crippen LogP contribution in [0.1, 0.15) is 168 Å². The lowest BCUT2D eigenvalue weighted by Crippen LogP contribution is -2.65. The molecule has 14 heteroatoms. The summed E-state index contributed by atoms with van der Waals surface area (Å²) in [5, 5.41) is 86.6. The van der Waals surface area contributed by atoms with E-state index < -0.39 is 86.8 Å². The zero-order valence-corrected chi connectivity index (χ0v) is 39.3. The van der Waals surface area contributed by atoms with Gasteiger partial charge in [-0.15, -0.1) is 0 Å². The molecule has 0 aromatic carbocycles. The maximum absolute atomic E-state index is 13.2. The monoisotopic (exact) mass is 912 g/mol. The van der Waals surface area contributed by atoms with E-state index in [1.807, 2.05) is 6.08 Å². The molecule has 0 bridgehead atoms. The van der Waals surface area contributed by atoms with Crippen molar-refractivity contribution in [2.24, 2.45) is 0 Å². The van der Waals surface area contributed by atoms with Crippen molar-refractivity contribution in [1.29, 1.82) is 0 Å². The lowest BCUT2D eigenvalue weighted by molar-refractivity contribution is -0.359. The highest BCUT2D eigenvalue weighted by Gasteiger charge is 2.51. The molecule has 1 amide bonds. The minimum Gasteiger partial charge on any atom is -0.394 e. The summed E-state index contributed by atoms with van der Waals surface area (Å²) in [5.41, 5.74) is 0. The molecule has 0 aromatic heterocycles. The third-order valence-electron chi connectivity index (χ3n) is 12.0. The molecule has 2 saturated heterocycles. The topological polar surface area (TPSA) is 228 Å². The Labute approximate surface area is 384 Å². The number of carbonyl (C=O) groups excluding carboxylic acids is 1. The van der Waals surface area contributed by atoms with E-state index >= 15 is 0 Å². The number of nitrogens with one attached hydrogen (secondary N) is 1. The summed E-state index contributed by atoms with van der Waals surface area (Å²) in [6, 6.07) is -0.919. The van der Waals surface area contributed by atoms with E-state index in [2.05, 4.69) is 55.6 Å². The zero-order chi connectivity index (χ0) is 46.8. The molecule has 2 heterocycles. The van der Waals surface area contributed by atoms with E-state index in [1.165, 1.54) is 70.6 Å². The van der Waals surface area contributed by atoms with E-state index in [-0.39, 0.29) is 18.9 Å². The molecule has 2 rings (SSSR count). The molecule has 0 saturated carbocycles. The van der Waals surface area contributed by atoms with Gasteiger partial charge in [0.25, 0.3) is 0 Å². The Bertz CT molecular complexity index is 1260. The number of rotatable bonds is 37. The Balaban J connectivity index is 1.86. The van der Waals surface area contributed by atoms with Crippen LogP contribution >= 0.6 is 0 Å². The molecule has 2 aliphatic rings. The van der Waals surface area contributed by atoms with Crippen LogP contribution in [-0.4, -0.2) is 140 Å². The molecule has 0 aliphatic carbocycles. The van der Waals surface area contributed by atoms with Crippen LogP contribution < -0.4 is 5.32 Å². The van der Waals surface area contributed by atoms with E-state index in [9.17, 15) is 45.6 Å². The number of ether oxygens (including phenoxy) is 4. The fourth-order valence-electron chi connectivity index (χ4n) is 7.95. The summed E-state index contributed by atoms with van der Waals surface area (Å²) in [6.07, 6.45) is 25.7. The molecule has 9 N–H and O–H groups in total. The van der Waals surface area contributed by atoms with Crippen molar-refractivity contribution in [2.45, 2.75) is 242 Å². The fourth-order valence-corrected chi connectivity index (χ4v) is 7.95. The van der Waals surface area contributed by atoms with Crippen molar-refractivity contribution in [3.63, 3.8) is 0 Å². The molecule has 372 valence electrons. The summed E-state index contributed by atoms with van der Waals surface area (Å²) < 4.78 is 22.7. The molecule has 2 aliphatic heterocycles. The Morgan fingerprint density at radius 2 is 1.08 bits per heavy atom. The quantitative estimate of drug-likeness (QED) is 0.0254. The van der Waals surface area contributed by atoms with Gasteiger partial charge in [-0.2, -0.15) is 0 Å². The Hall–Kier alpha value is -2.05. The second-order valence-corrected chi connectivity index (χ2v) is 17.6. The first-order valence-corrected chi connectivity index (χ1v) is 24.9. The van der Waals surface area contributed by atoms with E-state index in [4.69, 9.17) is 18.9 Å². The molecular weight excluding hydrogens is 823 g/mol. The summed E-state index contributed by atoms with van der Waals surface area (Å²) in [5.74, 6) is -0.253. The number of carbonyl (C=O) groups is 1. The number of amides is 1. The molecule has 12 unspecified atom stereocenters. The highest BCUT2D eigenvalue weighted by molar-refractivity contribution is 5.76. The normalized spacial score (nSPS) is 27.7. The van der Waals surface area contributed by atoms with Crippen LogP contribution in [0.2, 0.25) is 0 Å². The van der Waals surface area contributed by atoms with Crippen molar-refractivity contribution in [2.75, 3.05) is 19.8 Å². The van der Waals surface area contributed by atoms with Gasteiger partial charge in [-0.1, -0.05) is 159 Å². The van der Waals surface area contributed by atoms with Gasteiger partial charge in [0, 0.05) is 6.42 Å². The van der Waals surface area contributed by atoms with Gasteiger partial charge in [0.1, 0.15) is 48.8 Å². The van der Waals surface area contributed by atoms with Crippen LogP contribution in [0.5, 0.6) is 0 Å². The van der Waals surface area contributed by atoms with Gasteiger partial charge in [0.15, 0.2) is 12.6 Å². The third-order valence-corrected chi connectivity index (χ3v) is 12.0. The largest absolute Gasteiger partial charge is 0.394 e. The molecule has 0 spiro atoms. The van der Waals surface area contributed by atoms with Gasteiger partial charge < -0.3 is 65.1 Å².